The monoisotopic (exact) mass is 503 g/mol. The smallest absolute Gasteiger partial charge is 0.406 e. The molecule has 188 valence electrons. The van der Waals surface area contributed by atoms with Crippen molar-refractivity contribution >= 4 is 34.4 Å². The molecule has 1 aliphatic heterocycles. The van der Waals surface area contributed by atoms with Crippen molar-refractivity contribution in [3.05, 3.63) is 64.2 Å². The van der Waals surface area contributed by atoms with Gasteiger partial charge in [0.25, 0.3) is 5.56 Å². The van der Waals surface area contributed by atoms with Crippen LogP contribution in [0, 0.1) is 6.92 Å². The first-order valence-electron chi connectivity index (χ1n) is 10.8. The van der Waals surface area contributed by atoms with E-state index in [-0.39, 0.29) is 30.5 Å². The molecule has 1 atom stereocenters. The van der Waals surface area contributed by atoms with Gasteiger partial charge in [0.2, 0.25) is 11.8 Å². The lowest BCUT2D eigenvalue weighted by molar-refractivity contribution is -0.274. The van der Waals surface area contributed by atoms with Gasteiger partial charge < -0.3 is 15.4 Å². The Kier molecular flexibility index (Phi) is 6.64. The standard InChI is InChI=1S/C23H20F3N5O5/c1-12-28-17-7-2-13(10-16(17)21(34)31(12)18-8-9-19(32)30-20(18)33)11-27-22(35)29-14-3-5-15(6-4-14)36-23(24,25)26/h2-7,10,18H,8-9,11H2,1H3,(H2,27,29,35)(H,30,32,33). The average Bonchev–Trinajstić information content (AvgIpc) is 2.79. The molecule has 1 saturated heterocycles. The number of benzene rings is 2. The number of halogens is 3. The molecule has 1 aromatic heterocycles. The molecule has 4 rings (SSSR count). The lowest BCUT2D eigenvalue weighted by atomic mass is 10.0. The van der Waals surface area contributed by atoms with Crippen molar-refractivity contribution in [2.75, 3.05) is 5.32 Å². The van der Waals surface area contributed by atoms with Crippen molar-refractivity contribution in [1.29, 1.82) is 0 Å². The number of fused-ring (bicyclic) bond motifs is 1. The van der Waals surface area contributed by atoms with Crippen LogP contribution in [-0.2, 0) is 16.1 Å². The maximum absolute atomic E-state index is 13.2. The van der Waals surface area contributed by atoms with Gasteiger partial charge in [-0.1, -0.05) is 6.07 Å². The van der Waals surface area contributed by atoms with Crippen LogP contribution in [0.5, 0.6) is 5.75 Å². The number of aryl methyl sites for hydroxylation is 1. The Hall–Kier alpha value is -4.42. The van der Waals surface area contributed by atoms with Crippen molar-refractivity contribution in [2.24, 2.45) is 0 Å². The normalized spacial score (nSPS) is 15.9. The van der Waals surface area contributed by atoms with Crippen LogP contribution in [-0.4, -0.2) is 33.8 Å². The summed E-state index contributed by atoms with van der Waals surface area (Å²) < 4.78 is 41.8. The third-order valence-electron chi connectivity index (χ3n) is 5.46. The second-order valence-electron chi connectivity index (χ2n) is 8.03. The Morgan fingerprint density at radius 3 is 2.56 bits per heavy atom. The molecule has 13 heteroatoms. The molecule has 1 unspecified atom stereocenters. The highest BCUT2D eigenvalue weighted by Crippen LogP contribution is 2.24. The molecular weight excluding hydrogens is 483 g/mol. The number of hydrogen-bond acceptors (Lipinski definition) is 6. The lowest BCUT2D eigenvalue weighted by Gasteiger charge is -2.24. The van der Waals surface area contributed by atoms with Gasteiger partial charge in [-0.2, -0.15) is 0 Å². The van der Waals surface area contributed by atoms with Crippen molar-refractivity contribution in [3.8, 4) is 5.75 Å². The quantitative estimate of drug-likeness (QED) is 0.459. The number of anilines is 1. The SMILES string of the molecule is Cc1nc2ccc(CNC(=O)Nc3ccc(OC(F)(F)F)cc3)cc2c(=O)n1C1CCC(=O)NC1=O. The Labute approximate surface area is 201 Å². The number of amides is 4. The Morgan fingerprint density at radius 2 is 1.89 bits per heavy atom. The molecule has 3 N–H and O–H groups in total. The molecule has 4 amide bonds. The zero-order valence-corrected chi connectivity index (χ0v) is 18.8. The molecular formula is C23H20F3N5O5. The summed E-state index contributed by atoms with van der Waals surface area (Å²) in [6.45, 7) is 1.63. The molecule has 10 nitrogen and oxygen atoms in total. The number of imide groups is 1. The molecule has 36 heavy (non-hydrogen) atoms. The molecule has 0 aliphatic carbocycles. The summed E-state index contributed by atoms with van der Waals surface area (Å²) in [5.74, 6) is -1.05. The van der Waals surface area contributed by atoms with Crippen LogP contribution in [0.25, 0.3) is 10.9 Å². The van der Waals surface area contributed by atoms with Crippen LogP contribution in [0.15, 0.2) is 47.3 Å². The van der Waals surface area contributed by atoms with E-state index in [9.17, 15) is 32.3 Å². The maximum atomic E-state index is 13.2. The van der Waals surface area contributed by atoms with Gasteiger partial charge in [0, 0.05) is 18.7 Å². The van der Waals surface area contributed by atoms with Crippen LogP contribution in [0.3, 0.4) is 0 Å². The minimum atomic E-state index is -4.81. The average molecular weight is 503 g/mol. The van der Waals surface area contributed by atoms with Gasteiger partial charge in [-0.25, -0.2) is 9.78 Å². The Bertz CT molecular complexity index is 1400. The first-order chi connectivity index (χ1) is 17.0. The number of carbonyl (C=O) groups is 3. The first kappa shape index (κ1) is 24.7. The highest BCUT2D eigenvalue weighted by Gasteiger charge is 2.31. The molecule has 0 spiro atoms. The highest BCUT2D eigenvalue weighted by molar-refractivity contribution is 5.99. The second-order valence-corrected chi connectivity index (χ2v) is 8.03. The van der Waals surface area contributed by atoms with Crippen molar-refractivity contribution < 1.29 is 32.3 Å². The number of nitrogens with one attached hydrogen (secondary N) is 3. The van der Waals surface area contributed by atoms with Gasteiger partial charge in [0.1, 0.15) is 17.6 Å². The predicted octanol–water partition coefficient (Wildman–Crippen LogP) is 2.90. The number of hydrogen-bond donors (Lipinski definition) is 3. The summed E-state index contributed by atoms with van der Waals surface area (Å²) in [5, 5.41) is 7.55. The van der Waals surface area contributed by atoms with Crippen LogP contribution >= 0.6 is 0 Å². The Balaban J connectivity index is 1.46. The van der Waals surface area contributed by atoms with E-state index in [1.807, 2.05) is 0 Å². The van der Waals surface area contributed by atoms with E-state index in [0.717, 1.165) is 12.1 Å². The van der Waals surface area contributed by atoms with Crippen LogP contribution in [0.1, 0.15) is 30.3 Å². The summed E-state index contributed by atoms with van der Waals surface area (Å²) in [5.41, 5.74) is 0.784. The van der Waals surface area contributed by atoms with E-state index >= 15 is 0 Å². The summed E-state index contributed by atoms with van der Waals surface area (Å²) in [4.78, 5) is 53.6. The molecule has 0 radical (unpaired) electrons. The third-order valence-corrected chi connectivity index (χ3v) is 5.46. The first-order valence-corrected chi connectivity index (χ1v) is 10.8. The number of urea groups is 1. The number of rotatable bonds is 5. The van der Waals surface area contributed by atoms with Gasteiger partial charge in [-0.05, 0) is 55.3 Å². The molecule has 0 bridgehead atoms. The van der Waals surface area contributed by atoms with Gasteiger partial charge in [-0.3, -0.25) is 24.3 Å². The van der Waals surface area contributed by atoms with Gasteiger partial charge in [0.15, 0.2) is 0 Å². The molecule has 1 aliphatic rings. The number of piperidine rings is 1. The van der Waals surface area contributed by atoms with E-state index in [1.54, 1.807) is 25.1 Å². The fourth-order valence-electron chi connectivity index (χ4n) is 3.86. The molecule has 2 aromatic carbocycles. The van der Waals surface area contributed by atoms with Gasteiger partial charge >= 0.3 is 12.4 Å². The van der Waals surface area contributed by atoms with Crippen LogP contribution < -0.4 is 26.2 Å². The molecule has 0 saturated carbocycles. The minimum absolute atomic E-state index is 0.0305. The fourth-order valence-corrected chi connectivity index (χ4v) is 3.86. The third kappa shape index (κ3) is 5.62. The van der Waals surface area contributed by atoms with Crippen LogP contribution in [0.4, 0.5) is 23.7 Å². The second kappa shape index (κ2) is 9.68. The van der Waals surface area contributed by atoms with E-state index < -0.39 is 41.6 Å². The number of carbonyl (C=O) groups excluding carboxylic acids is 3. The summed E-state index contributed by atoms with van der Waals surface area (Å²) >= 11 is 0. The van der Waals surface area contributed by atoms with E-state index in [1.165, 1.54) is 16.7 Å². The van der Waals surface area contributed by atoms with E-state index in [4.69, 9.17) is 0 Å². The molecule has 2 heterocycles. The van der Waals surface area contributed by atoms with Crippen molar-refractivity contribution in [3.63, 3.8) is 0 Å². The van der Waals surface area contributed by atoms with Gasteiger partial charge in [0.05, 0.1) is 10.9 Å². The number of aromatic nitrogens is 2. The van der Waals surface area contributed by atoms with Crippen LogP contribution in [0.2, 0.25) is 0 Å². The highest BCUT2D eigenvalue weighted by atomic mass is 19.4. The zero-order chi connectivity index (χ0) is 26.0. The Morgan fingerprint density at radius 1 is 1.17 bits per heavy atom. The summed E-state index contributed by atoms with van der Waals surface area (Å²) in [6.07, 6.45) is -4.52. The number of ether oxygens (including phenoxy) is 1. The summed E-state index contributed by atoms with van der Waals surface area (Å²) in [7, 11) is 0. The topological polar surface area (TPSA) is 131 Å². The number of alkyl halides is 3. The largest absolute Gasteiger partial charge is 0.573 e. The van der Waals surface area contributed by atoms with E-state index in [2.05, 4.69) is 25.7 Å². The van der Waals surface area contributed by atoms with Crippen molar-refractivity contribution in [2.45, 2.75) is 38.7 Å². The molecule has 1 fully saturated rings. The summed E-state index contributed by atoms with van der Waals surface area (Å²) in [6, 6.07) is 8.00. The van der Waals surface area contributed by atoms with E-state index in [0.29, 0.717) is 16.9 Å². The van der Waals surface area contributed by atoms with Crippen molar-refractivity contribution in [1.82, 2.24) is 20.2 Å². The molecule has 3 aromatic rings. The fraction of sp³-hybridized carbons (Fsp3) is 0.261. The van der Waals surface area contributed by atoms with Gasteiger partial charge in [-0.15, -0.1) is 13.2 Å². The number of nitrogens with zero attached hydrogens (tertiary/aromatic N) is 2. The minimum Gasteiger partial charge on any atom is -0.406 e. The lowest BCUT2D eigenvalue weighted by Crippen LogP contribution is -2.45. The zero-order valence-electron chi connectivity index (χ0n) is 18.8. The predicted molar refractivity (Wildman–Crippen MR) is 121 cm³/mol. The maximum Gasteiger partial charge on any atom is 0.573 e.